The van der Waals surface area contributed by atoms with Gasteiger partial charge in [0.05, 0.1) is 11.9 Å². The van der Waals surface area contributed by atoms with Crippen LogP contribution in [-0.2, 0) is 11.8 Å². The number of nitrogens with zero attached hydrogens (tertiary/aromatic N) is 3. The Morgan fingerprint density at radius 1 is 1.10 bits per heavy atom. The lowest BCUT2D eigenvalue weighted by Gasteiger charge is -2.13. The number of hydrogen-bond acceptors (Lipinski definition) is 5. The van der Waals surface area contributed by atoms with Crippen molar-refractivity contribution in [3.05, 3.63) is 53.6 Å². The zero-order valence-electron chi connectivity index (χ0n) is 18.2. The molecule has 1 aliphatic rings. The van der Waals surface area contributed by atoms with Gasteiger partial charge in [0.2, 0.25) is 5.91 Å². The molecule has 0 aliphatic heterocycles. The number of amides is 1. The third kappa shape index (κ3) is 5.47. The number of anilines is 1. The third-order valence-corrected chi connectivity index (χ3v) is 6.41. The molecule has 0 atom stereocenters. The van der Waals surface area contributed by atoms with E-state index in [1.165, 1.54) is 24.6 Å². The molecule has 1 saturated carbocycles. The third-order valence-electron chi connectivity index (χ3n) is 5.39. The number of ether oxygens (including phenoxy) is 1. The Hall–Kier alpha value is -2.80. The van der Waals surface area contributed by atoms with E-state index in [-0.39, 0.29) is 11.7 Å². The number of nitrogens with one attached hydrogen (secondary N) is 1. The maximum absolute atomic E-state index is 12.4. The van der Waals surface area contributed by atoms with Crippen LogP contribution in [0.5, 0.6) is 5.75 Å². The molecule has 3 aromatic rings. The van der Waals surface area contributed by atoms with E-state index in [9.17, 15) is 4.79 Å². The van der Waals surface area contributed by atoms with E-state index >= 15 is 0 Å². The van der Waals surface area contributed by atoms with Crippen LogP contribution in [0.15, 0.2) is 47.6 Å². The van der Waals surface area contributed by atoms with Crippen LogP contribution in [0.2, 0.25) is 0 Å². The molecule has 1 amide bonds. The first-order chi connectivity index (χ1) is 15.0. The van der Waals surface area contributed by atoms with E-state index in [1.807, 2.05) is 61.9 Å². The fourth-order valence-electron chi connectivity index (χ4n) is 3.95. The minimum atomic E-state index is -0.0621. The van der Waals surface area contributed by atoms with Crippen LogP contribution in [-0.4, -0.2) is 32.5 Å². The molecule has 1 fully saturated rings. The summed E-state index contributed by atoms with van der Waals surface area (Å²) < 4.78 is 7.96. The minimum Gasteiger partial charge on any atom is -0.490 e. The summed E-state index contributed by atoms with van der Waals surface area (Å²) in [5.41, 5.74) is 4.04. The summed E-state index contributed by atoms with van der Waals surface area (Å²) in [6, 6.07) is 14.0. The number of aryl methyl sites for hydroxylation is 2. The highest BCUT2D eigenvalue weighted by molar-refractivity contribution is 7.99. The number of thioether (sulfide) groups is 1. The summed E-state index contributed by atoms with van der Waals surface area (Å²) in [6.07, 6.45) is 5.14. The largest absolute Gasteiger partial charge is 0.490 e. The number of carbonyl (C=O) groups is 1. The van der Waals surface area contributed by atoms with E-state index in [2.05, 4.69) is 21.6 Å². The highest BCUT2D eigenvalue weighted by Crippen LogP contribution is 2.27. The van der Waals surface area contributed by atoms with Crippen molar-refractivity contribution in [2.75, 3.05) is 11.1 Å². The summed E-state index contributed by atoms with van der Waals surface area (Å²) >= 11 is 1.38. The molecule has 7 heteroatoms. The van der Waals surface area contributed by atoms with Crippen molar-refractivity contribution in [3.8, 4) is 17.1 Å². The number of benzene rings is 2. The lowest BCUT2D eigenvalue weighted by Crippen LogP contribution is -2.14. The standard InChI is InChI=1S/C24H28N4O2S/c1-16-12-17(2)14-19(13-16)25-22(29)15-31-24-27-26-23(28(24)3)18-8-10-21(11-9-18)30-20-6-4-5-7-20/h8-14,20H,4-7,15H2,1-3H3,(H,25,29). The van der Waals surface area contributed by atoms with Crippen molar-refractivity contribution >= 4 is 23.4 Å². The first-order valence-corrected chi connectivity index (χ1v) is 11.6. The summed E-state index contributed by atoms with van der Waals surface area (Å²) in [4.78, 5) is 12.4. The number of carbonyl (C=O) groups excluding carboxylic acids is 1. The average molecular weight is 437 g/mol. The van der Waals surface area contributed by atoms with Crippen LogP contribution in [0.1, 0.15) is 36.8 Å². The molecule has 6 nitrogen and oxygen atoms in total. The molecule has 0 radical (unpaired) electrons. The van der Waals surface area contributed by atoms with Crippen molar-refractivity contribution in [3.63, 3.8) is 0 Å². The molecule has 2 aromatic carbocycles. The van der Waals surface area contributed by atoms with E-state index in [1.54, 1.807) is 0 Å². The van der Waals surface area contributed by atoms with Gasteiger partial charge in [-0.25, -0.2) is 0 Å². The second-order valence-corrected chi connectivity index (χ2v) is 9.07. The van der Waals surface area contributed by atoms with Gasteiger partial charge in [-0.05, 0) is 87.1 Å². The molecule has 1 aliphatic carbocycles. The van der Waals surface area contributed by atoms with Gasteiger partial charge in [0, 0.05) is 18.3 Å². The van der Waals surface area contributed by atoms with Crippen molar-refractivity contribution < 1.29 is 9.53 Å². The predicted octanol–water partition coefficient (Wildman–Crippen LogP) is 5.15. The first-order valence-electron chi connectivity index (χ1n) is 10.7. The van der Waals surface area contributed by atoms with E-state index in [0.29, 0.717) is 11.3 Å². The first kappa shape index (κ1) is 21.4. The van der Waals surface area contributed by atoms with Gasteiger partial charge >= 0.3 is 0 Å². The van der Waals surface area contributed by atoms with Crippen LogP contribution in [0.4, 0.5) is 5.69 Å². The fraction of sp³-hybridized carbons (Fsp3) is 0.375. The maximum atomic E-state index is 12.4. The zero-order chi connectivity index (χ0) is 21.8. The Morgan fingerprint density at radius 2 is 1.77 bits per heavy atom. The SMILES string of the molecule is Cc1cc(C)cc(NC(=O)CSc2nnc(-c3ccc(OC4CCCC4)cc3)n2C)c1. The molecule has 1 aromatic heterocycles. The van der Waals surface area contributed by atoms with Crippen molar-refractivity contribution in [2.24, 2.45) is 7.05 Å². The van der Waals surface area contributed by atoms with E-state index < -0.39 is 0 Å². The van der Waals surface area contributed by atoms with Gasteiger partial charge in [-0.1, -0.05) is 17.8 Å². The molecule has 1 N–H and O–H groups in total. The van der Waals surface area contributed by atoms with E-state index in [0.717, 1.165) is 46.8 Å². The smallest absolute Gasteiger partial charge is 0.234 e. The summed E-state index contributed by atoms with van der Waals surface area (Å²) in [6.45, 7) is 4.04. The fourth-order valence-corrected chi connectivity index (χ4v) is 4.66. The lowest BCUT2D eigenvalue weighted by atomic mass is 10.1. The number of aromatic nitrogens is 3. The van der Waals surface area contributed by atoms with Crippen LogP contribution < -0.4 is 10.1 Å². The normalized spacial score (nSPS) is 14.0. The number of rotatable bonds is 7. The van der Waals surface area contributed by atoms with Gasteiger partial charge in [0.1, 0.15) is 5.75 Å². The quantitative estimate of drug-likeness (QED) is 0.519. The van der Waals surface area contributed by atoms with Crippen LogP contribution in [0, 0.1) is 13.8 Å². The number of hydrogen-bond donors (Lipinski definition) is 1. The van der Waals surface area contributed by atoms with Gasteiger partial charge in [-0.3, -0.25) is 4.79 Å². The van der Waals surface area contributed by atoms with Crippen molar-refractivity contribution in [1.29, 1.82) is 0 Å². The Labute approximate surface area is 187 Å². The molecule has 0 saturated heterocycles. The molecule has 1 heterocycles. The van der Waals surface area contributed by atoms with Crippen molar-refractivity contribution in [1.82, 2.24) is 14.8 Å². The highest BCUT2D eigenvalue weighted by atomic mass is 32.2. The second-order valence-electron chi connectivity index (χ2n) is 8.13. The van der Waals surface area contributed by atoms with Gasteiger partial charge in [-0.2, -0.15) is 0 Å². The second kappa shape index (κ2) is 9.56. The maximum Gasteiger partial charge on any atom is 0.234 e. The molecule has 31 heavy (non-hydrogen) atoms. The topological polar surface area (TPSA) is 69.0 Å². The summed E-state index contributed by atoms with van der Waals surface area (Å²) in [5.74, 6) is 1.88. The Morgan fingerprint density at radius 3 is 2.45 bits per heavy atom. The predicted molar refractivity (Wildman–Crippen MR) is 125 cm³/mol. The molecule has 162 valence electrons. The Bertz CT molecular complexity index is 1040. The van der Waals surface area contributed by atoms with Crippen LogP contribution in [0.3, 0.4) is 0 Å². The molecule has 0 bridgehead atoms. The Balaban J connectivity index is 1.35. The highest BCUT2D eigenvalue weighted by Gasteiger charge is 2.17. The summed E-state index contributed by atoms with van der Waals surface area (Å²) in [7, 11) is 1.92. The van der Waals surface area contributed by atoms with Crippen LogP contribution >= 0.6 is 11.8 Å². The van der Waals surface area contributed by atoms with Gasteiger partial charge in [0.25, 0.3) is 0 Å². The lowest BCUT2D eigenvalue weighted by molar-refractivity contribution is -0.113. The zero-order valence-corrected chi connectivity index (χ0v) is 19.0. The van der Waals surface area contributed by atoms with Gasteiger partial charge < -0.3 is 14.6 Å². The minimum absolute atomic E-state index is 0.0621. The van der Waals surface area contributed by atoms with Crippen molar-refractivity contribution in [2.45, 2.75) is 50.8 Å². The Kier molecular flexibility index (Phi) is 6.61. The average Bonchev–Trinajstić information content (AvgIpc) is 3.36. The molecule has 0 unspecified atom stereocenters. The van der Waals surface area contributed by atoms with Crippen LogP contribution in [0.25, 0.3) is 11.4 Å². The molecular formula is C24H28N4O2S. The summed E-state index contributed by atoms with van der Waals surface area (Å²) in [5, 5.41) is 12.3. The molecular weight excluding hydrogens is 408 g/mol. The van der Waals surface area contributed by atoms with Gasteiger partial charge in [-0.15, -0.1) is 10.2 Å². The monoisotopic (exact) mass is 436 g/mol. The molecule has 4 rings (SSSR count). The van der Waals surface area contributed by atoms with Gasteiger partial charge in [0.15, 0.2) is 11.0 Å². The van der Waals surface area contributed by atoms with E-state index in [4.69, 9.17) is 4.74 Å². The molecule has 0 spiro atoms.